The predicted molar refractivity (Wildman–Crippen MR) is 68.1 cm³/mol. The smallest absolute Gasteiger partial charge is 0.0679 e. The molecule has 1 N–H and O–H groups in total. The first-order valence-electron chi connectivity index (χ1n) is 5.68. The number of para-hydroxylation sites is 1. The van der Waals surface area contributed by atoms with Gasteiger partial charge in [0.2, 0.25) is 0 Å². The van der Waals surface area contributed by atoms with Crippen molar-refractivity contribution in [3.05, 3.63) is 48.3 Å². The lowest BCUT2D eigenvalue weighted by Crippen LogP contribution is -2.10. The molecule has 0 atom stereocenters. The predicted octanol–water partition coefficient (Wildman–Crippen LogP) is 1.99. The summed E-state index contributed by atoms with van der Waals surface area (Å²) in [4.78, 5) is 0. The normalized spacial score (nSPS) is 10.4. The second-order valence-electron chi connectivity index (χ2n) is 3.78. The minimum Gasteiger partial charge on any atom is -0.383 e. The molecule has 2 aromatic rings. The number of benzene rings is 1. The zero-order valence-electron chi connectivity index (χ0n) is 9.97. The number of rotatable bonds is 6. The quantitative estimate of drug-likeness (QED) is 0.773. The van der Waals surface area contributed by atoms with Crippen LogP contribution in [0.4, 0.5) is 5.69 Å². The van der Waals surface area contributed by atoms with Crippen molar-refractivity contribution in [3.63, 3.8) is 0 Å². The number of ether oxygens (including phenoxy) is 1. The van der Waals surface area contributed by atoms with Crippen molar-refractivity contribution in [2.45, 2.75) is 6.54 Å². The maximum atomic E-state index is 5.03. The van der Waals surface area contributed by atoms with E-state index < -0.39 is 0 Å². The summed E-state index contributed by atoms with van der Waals surface area (Å²) in [5.74, 6) is 0. The summed E-state index contributed by atoms with van der Waals surface area (Å²) in [6, 6.07) is 10.2. The summed E-state index contributed by atoms with van der Waals surface area (Å²) in [6.45, 7) is 2.30. The number of aromatic nitrogens is 2. The second kappa shape index (κ2) is 6.06. The van der Waals surface area contributed by atoms with Crippen LogP contribution in [0.2, 0.25) is 0 Å². The van der Waals surface area contributed by atoms with Gasteiger partial charge in [-0.05, 0) is 17.7 Å². The molecule has 0 aliphatic rings. The Morgan fingerprint density at radius 2 is 2.18 bits per heavy atom. The van der Waals surface area contributed by atoms with Crippen LogP contribution in [-0.2, 0) is 11.3 Å². The summed E-state index contributed by atoms with van der Waals surface area (Å²) in [6.07, 6.45) is 3.76. The third kappa shape index (κ3) is 3.32. The number of hydrogen-bond acceptors (Lipinski definition) is 3. The zero-order valence-corrected chi connectivity index (χ0v) is 9.97. The summed E-state index contributed by atoms with van der Waals surface area (Å²) >= 11 is 0. The first kappa shape index (κ1) is 11.7. The topological polar surface area (TPSA) is 39.1 Å². The Labute approximate surface area is 101 Å². The lowest BCUT2D eigenvalue weighted by Gasteiger charge is -2.11. The number of anilines is 1. The van der Waals surface area contributed by atoms with Crippen LogP contribution in [0.3, 0.4) is 0 Å². The van der Waals surface area contributed by atoms with E-state index in [1.165, 1.54) is 5.56 Å². The van der Waals surface area contributed by atoms with Crippen LogP contribution < -0.4 is 5.32 Å². The third-order valence-electron chi connectivity index (χ3n) is 2.53. The van der Waals surface area contributed by atoms with Gasteiger partial charge in [-0.15, -0.1) is 0 Å². The van der Waals surface area contributed by atoms with Gasteiger partial charge in [-0.25, -0.2) is 0 Å². The molecule has 0 radical (unpaired) electrons. The molecule has 90 valence electrons. The van der Waals surface area contributed by atoms with E-state index >= 15 is 0 Å². The van der Waals surface area contributed by atoms with Crippen molar-refractivity contribution in [1.29, 1.82) is 0 Å². The van der Waals surface area contributed by atoms with Gasteiger partial charge in [-0.1, -0.05) is 18.2 Å². The number of methoxy groups -OCH3 is 1. The molecule has 0 spiro atoms. The molecular formula is C13H17N3O. The molecule has 0 fully saturated rings. The van der Waals surface area contributed by atoms with E-state index in [9.17, 15) is 0 Å². The molecule has 0 aliphatic heterocycles. The molecule has 0 aliphatic carbocycles. The molecule has 4 heteroatoms. The first-order chi connectivity index (χ1) is 8.40. The summed E-state index contributed by atoms with van der Waals surface area (Å²) in [7, 11) is 1.71. The molecule has 0 saturated heterocycles. The molecule has 0 unspecified atom stereocenters. The SMILES string of the molecule is COCCNc1ccccc1Cn1cccn1. The molecule has 1 aromatic heterocycles. The van der Waals surface area contributed by atoms with Gasteiger partial charge < -0.3 is 10.1 Å². The van der Waals surface area contributed by atoms with Gasteiger partial charge in [0.15, 0.2) is 0 Å². The molecule has 0 saturated carbocycles. The van der Waals surface area contributed by atoms with Crippen LogP contribution in [0.5, 0.6) is 0 Å². The Hall–Kier alpha value is -1.81. The van der Waals surface area contributed by atoms with Gasteiger partial charge in [-0.3, -0.25) is 4.68 Å². The Balaban J connectivity index is 2.05. The molecule has 17 heavy (non-hydrogen) atoms. The van der Waals surface area contributed by atoms with E-state index in [0.29, 0.717) is 6.61 Å². The van der Waals surface area contributed by atoms with Crippen LogP contribution in [0.1, 0.15) is 5.56 Å². The molecule has 2 rings (SSSR count). The maximum Gasteiger partial charge on any atom is 0.0679 e. The van der Waals surface area contributed by atoms with Gasteiger partial charge in [-0.2, -0.15) is 5.10 Å². The van der Waals surface area contributed by atoms with Crippen molar-refractivity contribution in [3.8, 4) is 0 Å². The second-order valence-corrected chi connectivity index (χ2v) is 3.78. The standard InChI is InChI=1S/C13H17N3O/c1-17-10-8-14-13-6-3-2-5-12(13)11-16-9-4-7-15-16/h2-7,9,14H,8,10-11H2,1H3. The highest BCUT2D eigenvalue weighted by Gasteiger charge is 2.01. The van der Waals surface area contributed by atoms with Crippen LogP contribution in [0, 0.1) is 0 Å². The van der Waals surface area contributed by atoms with Gasteiger partial charge >= 0.3 is 0 Å². The van der Waals surface area contributed by atoms with Crippen LogP contribution in [0.15, 0.2) is 42.7 Å². The van der Waals surface area contributed by atoms with Crippen molar-refractivity contribution in [1.82, 2.24) is 9.78 Å². The largest absolute Gasteiger partial charge is 0.383 e. The molecule has 0 bridgehead atoms. The third-order valence-corrected chi connectivity index (χ3v) is 2.53. The fourth-order valence-electron chi connectivity index (χ4n) is 1.69. The Bertz CT molecular complexity index is 440. The minimum absolute atomic E-state index is 0.704. The van der Waals surface area contributed by atoms with E-state index in [4.69, 9.17) is 4.74 Å². The van der Waals surface area contributed by atoms with Crippen molar-refractivity contribution >= 4 is 5.69 Å². The lowest BCUT2D eigenvalue weighted by molar-refractivity contribution is 0.211. The molecule has 4 nitrogen and oxygen atoms in total. The average Bonchev–Trinajstić information content (AvgIpc) is 2.84. The number of nitrogens with zero attached hydrogens (tertiary/aromatic N) is 2. The monoisotopic (exact) mass is 231 g/mol. The molecule has 0 amide bonds. The van der Waals surface area contributed by atoms with Gasteiger partial charge in [0.05, 0.1) is 13.2 Å². The minimum atomic E-state index is 0.704. The van der Waals surface area contributed by atoms with Crippen LogP contribution in [-0.4, -0.2) is 30.0 Å². The van der Waals surface area contributed by atoms with Crippen molar-refractivity contribution in [2.24, 2.45) is 0 Å². The van der Waals surface area contributed by atoms with E-state index in [-0.39, 0.29) is 0 Å². The number of hydrogen-bond donors (Lipinski definition) is 1. The highest BCUT2D eigenvalue weighted by molar-refractivity contribution is 5.51. The summed E-state index contributed by atoms with van der Waals surface area (Å²) in [5, 5.41) is 7.57. The highest BCUT2D eigenvalue weighted by Crippen LogP contribution is 2.15. The Morgan fingerprint density at radius 3 is 2.94 bits per heavy atom. The number of nitrogens with one attached hydrogen (secondary N) is 1. The van der Waals surface area contributed by atoms with E-state index in [0.717, 1.165) is 18.8 Å². The maximum absolute atomic E-state index is 5.03. The van der Waals surface area contributed by atoms with Gasteiger partial charge in [0.1, 0.15) is 0 Å². The molecule has 1 aromatic carbocycles. The lowest BCUT2D eigenvalue weighted by atomic mass is 10.2. The average molecular weight is 231 g/mol. The van der Waals surface area contributed by atoms with E-state index in [1.54, 1.807) is 13.3 Å². The van der Waals surface area contributed by atoms with Gasteiger partial charge in [0, 0.05) is 31.7 Å². The van der Waals surface area contributed by atoms with Crippen LogP contribution in [0.25, 0.3) is 0 Å². The molecular weight excluding hydrogens is 214 g/mol. The fourth-order valence-corrected chi connectivity index (χ4v) is 1.69. The van der Waals surface area contributed by atoms with Gasteiger partial charge in [0.25, 0.3) is 0 Å². The summed E-state index contributed by atoms with van der Waals surface area (Å²) < 4.78 is 6.94. The zero-order chi connectivity index (χ0) is 11.9. The van der Waals surface area contributed by atoms with E-state index in [2.05, 4.69) is 22.5 Å². The first-order valence-corrected chi connectivity index (χ1v) is 5.68. The van der Waals surface area contributed by atoms with Crippen molar-refractivity contribution in [2.75, 3.05) is 25.6 Å². The van der Waals surface area contributed by atoms with E-state index in [1.807, 2.05) is 29.1 Å². The fraction of sp³-hybridized carbons (Fsp3) is 0.308. The summed E-state index contributed by atoms with van der Waals surface area (Å²) in [5.41, 5.74) is 2.37. The highest BCUT2D eigenvalue weighted by atomic mass is 16.5. The molecule has 1 heterocycles. The Kier molecular flexibility index (Phi) is 4.16. The Morgan fingerprint density at radius 1 is 1.29 bits per heavy atom. The van der Waals surface area contributed by atoms with Crippen molar-refractivity contribution < 1.29 is 4.74 Å². The van der Waals surface area contributed by atoms with Crippen LogP contribution >= 0.6 is 0 Å².